The van der Waals surface area contributed by atoms with Crippen molar-refractivity contribution < 1.29 is 9.26 Å². The van der Waals surface area contributed by atoms with Crippen LogP contribution in [0.5, 0.6) is 5.75 Å². The van der Waals surface area contributed by atoms with Crippen LogP contribution in [0.3, 0.4) is 0 Å². The largest absolute Gasteiger partial charge is 0.484 e. The Morgan fingerprint density at radius 1 is 1.42 bits per heavy atom. The molecule has 0 bridgehead atoms. The Hall–Kier alpha value is -1.88. The summed E-state index contributed by atoms with van der Waals surface area (Å²) in [4.78, 5) is 4.16. The van der Waals surface area contributed by atoms with Gasteiger partial charge in [0.2, 0.25) is 0 Å². The van der Waals surface area contributed by atoms with Crippen LogP contribution in [-0.2, 0) is 13.2 Å². The van der Waals surface area contributed by atoms with Crippen molar-refractivity contribution in [2.24, 2.45) is 0 Å². The van der Waals surface area contributed by atoms with Gasteiger partial charge in [0, 0.05) is 24.8 Å². The van der Waals surface area contributed by atoms with Gasteiger partial charge in [-0.05, 0) is 19.1 Å². The zero-order chi connectivity index (χ0) is 13.7. The summed E-state index contributed by atoms with van der Waals surface area (Å²) in [5.41, 5.74) is 1.75. The summed E-state index contributed by atoms with van der Waals surface area (Å²) in [6, 6.07) is 6.07. The number of hydrogen-bond acceptors (Lipinski definition) is 5. The Kier molecular flexibility index (Phi) is 4.52. The monoisotopic (exact) mass is 261 g/mol. The Labute approximate surface area is 113 Å². The van der Waals surface area contributed by atoms with E-state index in [1.807, 2.05) is 25.1 Å². The average Bonchev–Trinajstić information content (AvgIpc) is 2.83. The Balaban J connectivity index is 1.88. The molecule has 2 aromatic heterocycles. The summed E-state index contributed by atoms with van der Waals surface area (Å²) in [5, 5.41) is 7.27. The molecule has 102 valence electrons. The van der Waals surface area contributed by atoms with Gasteiger partial charge in [-0.15, -0.1) is 0 Å². The Bertz CT molecular complexity index is 523. The van der Waals surface area contributed by atoms with Crippen LogP contribution in [0.25, 0.3) is 0 Å². The minimum atomic E-state index is 0.362. The zero-order valence-corrected chi connectivity index (χ0v) is 11.5. The van der Waals surface area contributed by atoms with E-state index in [4.69, 9.17) is 9.26 Å². The van der Waals surface area contributed by atoms with Gasteiger partial charge in [-0.2, -0.15) is 0 Å². The smallest absolute Gasteiger partial charge is 0.174 e. The molecule has 1 N–H and O–H groups in total. The number of nitrogens with zero attached hydrogens (tertiary/aromatic N) is 2. The lowest BCUT2D eigenvalue weighted by molar-refractivity contribution is 0.246. The highest BCUT2D eigenvalue weighted by Gasteiger charge is 2.06. The first-order chi connectivity index (χ1) is 9.15. The van der Waals surface area contributed by atoms with Crippen molar-refractivity contribution in [3.63, 3.8) is 0 Å². The summed E-state index contributed by atoms with van der Waals surface area (Å²) in [7, 11) is 0. The molecule has 0 aliphatic rings. The predicted octanol–water partition coefficient (Wildman–Crippen LogP) is 2.46. The third kappa shape index (κ3) is 4.06. The van der Waals surface area contributed by atoms with Gasteiger partial charge in [0.25, 0.3) is 0 Å². The first-order valence-corrected chi connectivity index (χ1v) is 6.37. The Morgan fingerprint density at radius 3 is 3.00 bits per heavy atom. The second-order valence-corrected chi connectivity index (χ2v) is 4.70. The minimum Gasteiger partial charge on any atom is -0.484 e. The van der Waals surface area contributed by atoms with Crippen molar-refractivity contribution in [2.45, 2.75) is 40.0 Å². The lowest BCUT2D eigenvalue weighted by Gasteiger charge is -2.05. The summed E-state index contributed by atoms with van der Waals surface area (Å²) < 4.78 is 10.9. The first kappa shape index (κ1) is 13.5. The van der Waals surface area contributed by atoms with E-state index in [0.717, 1.165) is 17.1 Å². The van der Waals surface area contributed by atoms with Gasteiger partial charge < -0.3 is 14.6 Å². The highest BCUT2D eigenvalue weighted by atomic mass is 16.5. The maximum Gasteiger partial charge on any atom is 0.174 e. The molecule has 5 heteroatoms. The average molecular weight is 261 g/mol. The van der Waals surface area contributed by atoms with Gasteiger partial charge in [0.1, 0.15) is 12.4 Å². The number of rotatable bonds is 6. The number of pyridine rings is 1. The maximum absolute atomic E-state index is 5.65. The standard InChI is InChI=1S/C14H19N3O2/c1-10(2)16-8-12-7-13(19-17-12)9-18-14-5-4-6-15-11(14)3/h4-7,10,16H,8-9H2,1-3H3. The summed E-state index contributed by atoms with van der Waals surface area (Å²) in [5.74, 6) is 1.48. The molecule has 0 spiro atoms. The molecule has 0 radical (unpaired) electrons. The van der Waals surface area contributed by atoms with Crippen LogP contribution in [0.1, 0.15) is 31.0 Å². The SMILES string of the molecule is Cc1ncccc1OCc1cc(CNC(C)C)no1. The quantitative estimate of drug-likeness (QED) is 0.865. The summed E-state index contributed by atoms with van der Waals surface area (Å²) >= 11 is 0. The molecule has 0 atom stereocenters. The fraction of sp³-hybridized carbons (Fsp3) is 0.429. The van der Waals surface area contributed by atoms with E-state index in [2.05, 4.69) is 29.3 Å². The molecule has 2 rings (SSSR count). The van der Waals surface area contributed by atoms with Crippen molar-refractivity contribution in [3.05, 3.63) is 41.5 Å². The van der Waals surface area contributed by atoms with Crippen molar-refractivity contribution in [1.29, 1.82) is 0 Å². The fourth-order valence-corrected chi connectivity index (χ4v) is 1.59. The summed E-state index contributed by atoms with van der Waals surface area (Å²) in [6.07, 6.45) is 1.74. The third-order valence-corrected chi connectivity index (χ3v) is 2.63. The molecule has 19 heavy (non-hydrogen) atoms. The lowest BCUT2D eigenvalue weighted by atomic mass is 10.3. The lowest BCUT2D eigenvalue weighted by Crippen LogP contribution is -2.21. The van der Waals surface area contributed by atoms with Gasteiger partial charge in [-0.3, -0.25) is 4.98 Å². The van der Waals surface area contributed by atoms with E-state index in [9.17, 15) is 0 Å². The Morgan fingerprint density at radius 2 is 2.26 bits per heavy atom. The number of aromatic nitrogens is 2. The van der Waals surface area contributed by atoms with Crippen LogP contribution in [0.4, 0.5) is 0 Å². The molecule has 0 saturated heterocycles. The van der Waals surface area contributed by atoms with Gasteiger partial charge in [0.05, 0.1) is 11.4 Å². The van der Waals surface area contributed by atoms with Gasteiger partial charge in [-0.25, -0.2) is 0 Å². The molecular weight excluding hydrogens is 242 g/mol. The zero-order valence-electron chi connectivity index (χ0n) is 11.5. The van der Waals surface area contributed by atoms with Crippen molar-refractivity contribution >= 4 is 0 Å². The molecule has 0 amide bonds. The van der Waals surface area contributed by atoms with Crippen LogP contribution in [0, 0.1) is 6.92 Å². The van der Waals surface area contributed by atoms with E-state index in [1.54, 1.807) is 6.20 Å². The van der Waals surface area contributed by atoms with Gasteiger partial charge >= 0.3 is 0 Å². The molecule has 0 unspecified atom stereocenters. The molecule has 0 fully saturated rings. The number of ether oxygens (including phenoxy) is 1. The number of nitrogens with one attached hydrogen (secondary N) is 1. The van der Waals surface area contributed by atoms with Crippen molar-refractivity contribution in [3.8, 4) is 5.75 Å². The molecule has 0 aromatic carbocycles. The second-order valence-electron chi connectivity index (χ2n) is 4.70. The van der Waals surface area contributed by atoms with Crippen LogP contribution in [0.2, 0.25) is 0 Å². The minimum absolute atomic E-state index is 0.362. The highest BCUT2D eigenvalue weighted by molar-refractivity contribution is 5.25. The summed E-state index contributed by atoms with van der Waals surface area (Å²) in [6.45, 7) is 7.16. The number of hydrogen-bond donors (Lipinski definition) is 1. The van der Waals surface area contributed by atoms with E-state index >= 15 is 0 Å². The molecule has 2 aromatic rings. The van der Waals surface area contributed by atoms with Gasteiger partial charge in [-0.1, -0.05) is 19.0 Å². The van der Waals surface area contributed by atoms with Crippen LogP contribution in [0.15, 0.2) is 28.9 Å². The van der Waals surface area contributed by atoms with Crippen molar-refractivity contribution in [2.75, 3.05) is 0 Å². The second kappa shape index (κ2) is 6.33. The van der Waals surface area contributed by atoms with E-state index < -0.39 is 0 Å². The van der Waals surface area contributed by atoms with Crippen LogP contribution in [-0.4, -0.2) is 16.2 Å². The van der Waals surface area contributed by atoms with Crippen LogP contribution < -0.4 is 10.1 Å². The van der Waals surface area contributed by atoms with E-state index in [-0.39, 0.29) is 0 Å². The normalized spacial score (nSPS) is 10.9. The third-order valence-electron chi connectivity index (χ3n) is 2.63. The fourth-order valence-electron chi connectivity index (χ4n) is 1.59. The maximum atomic E-state index is 5.65. The van der Waals surface area contributed by atoms with E-state index in [1.165, 1.54) is 0 Å². The molecular formula is C14H19N3O2. The highest BCUT2D eigenvalue weighted by Crippen LogP contribution is 2.16. The molecule has 0 saturated carbocycles. The van der Waals surface area contributed by atoms with Crippen LogP contribution >= 0.6 is 0 Å². The molecule has 0 aliphatic heterocycles. The van der Waals surface area contributed by atoms with E-state index in [0.29, 0.717) is 25.0 Å². The molecule has 2 heterocycles. The topological polar surface area (TPSA) is 60.2 Å². The van der Waals surface area contributed by atoms with Crippen molar-refractivity contribution in [1.82, 2.24) is 15.5 Å². The molecule has 0 aliphatic carbocycles. The van der Waals surface area contributed by atoms with Gasteiger partial charge in [0.15, 0.2) is 5.76 Å². The predicted molar refractivity (Wildman–Crippen MR) is 71.8 cm³/mol. The number of aryl methyl sites for hydroxylation is 1. The first-order valence-electron chi connectivity index (χ1n) is 6.37. The molecule has 5 nitrogen and oxygen atoms in total.